The topological polar surface area (TPSA) is 38.0 Å². The third-order valence-electron chi connectivity index (χ3n) is 4.52. The maximum Gasteiger partial charge on any atom is 0.00792 e. The van der Waals surface area contributed by atoms with Crippen LogP contribution in [0.1, 0.15) is 53.4 Å². The van der Waals surface area contributed by atoms with E-state index < -0.39 is 0 Å². The van der Waals surface area contributed by atoms with Crippen LogP contribution < -0.4 is 11.1 Å². The summed E-state index contributed by atoms with van der Waals surface area (Å²) in [5.41, 5.74) is 6.54. The van der Waals surface area contributed by atoms with Crippen molar-refractivity contribution in [1.82, 2.24) is 5.32 Å². The standard InChI is InChI=1S/C14H30N2/c1-11(2)14(3,4)10-16-9-12-7-5-6-8-13(12)15/h11-13,16H,5-10,15H2,1-4H3. The lowest BCUT2D eigenvalue weighted by Gasteiger charge is -2.33. The zero-order valence-corrected chi connectivity index (χ0v) is 11.6. The van der Waals surface area contributed by atoms with Gasteiger partial charge in [0, 0.05) is 12.6 Å². The third-order valence-corrected chi connectivity index (χ3v) is 4.52. The van der Waals surface area contributed by atoms with Crippen molar-refractivity contribution in [3.8, 4) is 0 Å². The molecule has 0 spiro atoms. The van der Waals surface area contributed by atoms with E-state index in [-0.39, 0.29) is 0 Å². The Morgan fingerprint density at radius 3 is 2.44 bits per heavy atom. The highest BCUT2D eigenvalue weighted by Crippen LogP contribution is 2.26. The lowest BCUT2D eigenvalue weighted by molar-refractivity contribution is 0.221. The van der Waals surface area contributed by atoms with Crippen LogP contribution in [0, 0.1) is 17.3 Å². The smallest absolute Gasteiger partial charge is 0.00792 e. The highest BCUT2D eigenvalue weighted by Gasteiger charge is 2.24. The average molecular weight is 226 g/mol. The zero-order valence-electron chi connectivity index (χ0n) is 11.6. The molecule has 0 amide bonds. The Bertz CT molecular complexity index is 199. The predicted molar refractivity (Wildman–Crippen MR) is 71.4 cm³/mol. The summed E-state index contributed by atoms with van der Waals surface area (Å²) < 4.78 is 0. The molecule has 0 bridgehead atoms. The second-order valence-electron chi connectivity index (χ2n) is 6.48. The summed E-state index contributed by atoms with van der Waals surface area (Å²) in [6.07, 6.45) is 5.24. The van der Waals surface area contributed by atoms with E-state index in [0.717, 1.165) is 19.0 Å². The SMILES string of the molecule is CC(C)C(C)(C)CNCC1CCCCC1N. The highest BCUT2D eigenvalue weighted by atomic mass is 14.9. The van der Waals surface area contributed by atoms with Gasteiger partial charge in [0.15, 0.2) is 0 Å². The first-order valence-electron chi connectivity index (χ1n) is 6.90. The summed E-state index contributed by atoms with van der Waals surface area (Å²) in [6, 6.07) is 0.434. The minimum Gasteiger partial charge on any atom is -0.327 e. The summed E-state index contributed by atoms with van der Waals surface area (Å²) in [7, 11) is 0. The molecule has 0 aromatic carbocycles. The average Bonchev–Trinajstić information content (AvgIpc) is 2.20. The van der Waals surface area contributed by atoms with Gasteiger partial charge in [0.2, 0.25) is 0 Å². The van der Waals surface area contributed by atoms with Gasteiger partial charge in [-0.3, -0.25) is 0 Å². The molecule has 2 nitrogen and oxygen atoms in total. The minimum absolute atomic E-state index is 0.388. The maximum atomic E-state index is 6.15. The molecule has 2 unspecified atom stereocenters. The molecule has 0 saturated heterocycles. The van der Waals surface area contributed by atoms with Crippen molar-refractivity contribution < 1.29 is 0 Å². The van der Waals surface area contributed by atoms with Crippen LogP contribution in [0.2, 0.25) is 0 Å². The molecule has 1 saturated carbocycles. The monoisotopic (exact) mass is 226 g/mol. The van der Waals surface area contributed by atoms with Crippen LogP contribution in [-0.2, 0) is 0 Å². The van der Waals surface area contributed by atoms with Gasteiger partial charge in [-0.1, -0.05) is 40.5 Å². The van der Waals surface area contributed by atoms with Crippen LogP contribution >= 0.6 is 0 Å². The Morgan fingerprint density at radius 1 is 1.25 bits per heavy atom. The molecular weight excluding hydrogens is 196 g/mol. The molecule has 0 aliphatic heterocycles. The summed E-state index contributed by atoms with van der Waals surface area (Å²) in [4.78, 5) is 0. The molecular formula is C14H30N2. The summed E-state index contributed by atoms with van der Waals surface area (Å²) in [5.74, 6) is 1.43. The molecule has 1 fully saturated rings. The largest absolute Gasteiger partial charge is 0.327 e. The Kier molecular flexibility index (Phi) is 5.26. The number of hydrogen-bond donors (Lipinski definition) is 2. The molecule has 0 heterocycles. The normalized spacial score (nSPS) is 27.4. The number of nitrogens with one attached hydrogen (secondary N) is 1. The fraction of sp³-hybridized carbons (Fsp3) is 1.00. The van der Waals surface area contributed by atoms with Crippen LogP contribution in [-0.4, -0.2) is 19.1 Å². The second-order valence-corrected chi connectivity index (χ2v) is 6.48. The first-order chi connectivity index (χ1) is 7.43. The zero-order chi connectivity index (χ0) is 12.2. The van der Waals surface area contributed by atoms with Crippen molar-refractivity contribution in [2.45, 2.75) is 59.4 Å². The van der Waals surface area contributed by atoms with Crippen molar-refractivity contribution >= 4 is 0 Å². The molecule has 2 heteroatoms. The molecule has 16 heavy (non-hydrogen) atoms. The summed E-state index contributed by atoms with van der Waals surface area (Å²) >= 11 is 0. The predicted octanol–water partition coefficient (Wildman–Crippen LogP) is 2.78. The molecule has 1 aliphatic rings. The van der Waals surface area contributed by atoms with E-state index in [1.165, 1.54) is 25.7 Å². The molecule has 3 N–H and O–H groups in total. The summed E-state index contributed by atoms with van der Waals surface area (Å²) in [5, 5.41) is 3.63. The van der Waals surface area contributed by atoms with Gasteiger partial charge in [-0.25, -0.2) is 0 Å². The van der Waals surface area contributed by atoms with E-state index in [4.69, 9.17) is 5.73 Å². The number of nitrogens with two attached hydrogens (primary N) is 1. The van der Waals surface area contributed by atoms with Crippen LogP contribution in [0.3, 0.4) is 0 Å². The lowest BCUT2D eigenvalue weighted by Crippen LogP contribution is -2.42. The lowest BCUT2D eigenvalue weighted by atomic mass is 9.80. The van der Waals surface area contributed by atoms with Crippen molar-refractivity contribution in [2.75, 3.05) is 13.1 Å². The van der Waals surface area contributed by atoms with E-state index in [9.17, 15) is 0 Å². The van der Waals surface area contributed by atoms with Crippen molar-refractivity contribution in [1.29, 1.82) is 0 Å². The van der Waals surface area contributed by atoms with Crippen molar-refractivity contribution in [2.24, 2.45) is 23.0 Å². The number of hydrogen-bond acceptors (Lipinski definition) is 2. The van der Waals surface area contributed by atoms with Crippen molar-refractivity contribution in [3.05, 3.63) is 0 Å². The Hall–Kier alpha value is -0.0800. The molecule has 1 rings (SSSR count). The van der Waals surface area contributed by atoms with Crippen molar-refractivity contribution in [3.63, 3.8) is 0 Å². The van der Waals surface area contributed by atoms with Gasteiger partial charge in [0.1, 0.15) is 0 Å². The summed E-state index contributed by atoms with van der Waals surface area (Å²) in [6.45, 7) is 11.5. The van der Waals surface area contributed by atoms with Crippen LogP contribution in [0.4, 0.5) is 0 Å². The van der Waals surface area contributed by atoms with Crippen LogP contribution in [0.15, 0.2) is 0 Å². The fourth-order valence-corrected chi connectivity index (χ4v) is 2.27. The molecule has 2 atom stereocenters. The Morgan fingerprint density at radius 2 is 1.88 bits per heavy atom. The van der Waals surface area contributed by atoms with Gasteiger partial charge in [-0.2, -0.15) is 0 Å². The minimum atomic E-state index is 0.388. The van der Waals surface area contributed by atoms with Gasteiger partial charge in [0.05, 0.1) is 0 Å². The van der Waals surface area contributed by atoms with Gasteiger partial charge in [0.25, 0.3) is 0 Å². The molecule has 96 valence electrons. The Labute approximate surface area is 101 Å². The maximum absolute atomic E-state index is 6.15. The van der Waals surface area contributed by atoms with E-state index in [2.05, 4.69) is 33.0 Å². The quantitative estimate of drug-likeness (QED) is 0.756. The Balaban J connectivity index is 2.24. The third kappa shape index (κ3) is 4.06. The highest BCUT2D eigenvalue weighted by molar-refractivity contribution is 4.81. The van der Waals surface area contributed by atoms with E-state index in [0.29, 0.717) is 17.4 Å². The molecule has 0 aromatic rings. The molecule has 0 aromatic heterocycles. The second kappa shape index (κ2) is 6.02. The van der Waals surface area contributed by atoms with E-state index in [1.807, 2.05) is 0 Å². The first kappa shape index (κ1) is 14.0. The fourth-order valence-electron chi connectivity index (χ4n) is 2.27. The molecule has 0 radical (unpaired) electrons. The van der Waals surface area contributed by atoms with E-state index >= 15 is 0 Å². The van der Waals surface area contributed by atoms with Gasteiger partial charge >= 0.3 is 0 Å². The molecule has 1 aliphatic carbocycles. The van der Waals surface area contributed by atoms with Crippen LogP contribution in [0.25, 0.3) is 0 Å². The van der Waals surface area contributed by atoms with Gasteiger partial charge in [-0.15, -0.1) is 0 Å². The van der Waals surface area contributed by atoms with E-state index in [1.54, 1.807) is 0 Å². The first-order valence-corrected chi connectivity index (χ1v) is 6.90. The van der Waals surface area contributed by atoms with Gasteiger partial charge in [-0.05, 0) is 36.6 Å². The number of rotatable bonds is 5. The van der Waals surface area contributed by atoms with Crippen LogP contribution in [0.5, 0.6) is 0 Å². The van der Waals surface area contributed by atoms with Gasteiger partial charge < -0.3 is 11.1 Å².